The molecule has 1 saturated heterocycles. The molecule has 0 spiro atoms. The molecule has 1 unspecified atom stereocenters. The highest BCUT2D eigenvalue weighted by atomic mass is 19.3. The van der Waals surface area contributed by atoms with Crippen LogP contribution in [0, 0.1) is 11.3 Å². The van der Waals surface area contributed by atoms with E-state index in [-0.39, 0.29) is 30.8 Å². The molecule has 0 amide bonds. The van der Waals surface area contributed by atoms with Crippen LogP contribution in [-0.2, 0) is 0 Å². The summed E-state index contributed by atoms with van der Waals surface area (Å²) in [5.74, 6) is -2.36. The van der Waals surface area contributed by atoms with Crippen molar-refractivity contribution in [3.63, 3.8) is 0 Å². The molecule has 2 rings (SSSR count). The number of aliphatic hydroxyl groups is 1. The van der Waals surface area contributed by atoms with E-state index >= 15 is 0 Å². The molecule has 1 saturated carbocycles. The van der Waals surface area contributed by atoms with E-state index in [1.165, 1.54) is 0 Å². The van der Waals surface area contributed by atoms with Gasteiger partial charge in [-0.25, -0.2) is 8.78 Å². The zero-order valence-corrected chi connectivity index (χ0v) is 10.4. The maximum Gasteiger partial charge on any atom is 0.248 e. The molecule has 1 aliphatic carbocycles. The molecule has 17 heavy (non-hydrogen) atoms. The highest BCUT2D eigenvalue weighted by Crippen LogP contribution is 2.44. The average molecular weight is 247 g/mol. The van der Waals surface area contributed by atoms with Gasteiger partial charge < -0.3 is 10.4 Å². The van der Waals surface area contributed by atoms with Gasteiger partial charge in [0.2, 0.25) is 5.92 Å². The topological polar surface area (TPSA) is 32.3 Å². The zero-order chi connectivity index (χ0) is 12.4. The predicted molar refractivity (Wildman–Crippen MR) is 63.1 cm³/mol. The third kappa shape index (κ3) is 3.38. The summed E-state index contributed by atoms with van der Waals surface area (Å²) in [6.45, 7) is 1.96. The Labute approximate surface area is 102 Å². The van der Waals surface area contributed by atoms with Gasteiger partial charge >= 0.3 is 0 Å². The van der Waals surface area contributed by atoms with Gasteiger partial charge in [0.15, 0.2) is 0 Å². The van der Waals surface area contributed by atoms with E-state index in [9.17, 15) is 13.9 Å². The van der Waals surface area contributed by atoms with E-state index in [1.807, 2.05) is 0 Å². The van der Waals surface area contributed by atoms with Gasteiger partial charge in [-0.1, -0.05) is 0 Å². The van der Waals surface area contributed by atoms with Crippen LogP contribution in [0.2, 0.25) is 0 Å². The molecular weight excluding hydrogens is 224 g/mol. The van der Waals surface area contributed by atoms with Gasteiger partial charge in [0.25, 0.3) is 0 Å². The molecular formula is C13H23F2NO. The van der Waals surface area contributed by atoms with Crippen molar-refractivity contribution in [3.8, 4) is 0 Å². The Balaban J connectivity index is 1.93. The second-order valence-corrected chi connectivity index (χ2v) is 5.93. The predicted octanol–water partition coefficient (Wildman–Crippen LogP) is 2.56. The minimum absolute atomic E-state index is 0.0299. The normalized spacial score (nSPS) is 32.3. The van der Waals surface area contributed by atoms with Crippen molar-refractivity contribution in [2.24, 2.45) is 11.3 Å². The third-order valence-corrected chi connectivity index (χ3v) is 4.46. The molecule has 0 aromatic rings. The van der Waals surface area contributed by atoms with Crippen molar-refractivity contribution in [1.82, 2.24) is 5.32 Å². The second kappa shape index (κ2) is 5.19. The molecule has 100 valence electrons. The van der Waals surface area contributed by atoms with E-state index in [1.54, 1.807) is 0 Å². The second-order valence-electron chi connectivity index (χ2n) is 5.93. The number of alkyl halides is 2. The van der Waals surface area contributed by atoms with Crippen molar-refractivity contribution >= 4 is 0 Å². The van der Waals surface area contributed by atoms with Crippen LogP contribution in [0.3, 0.4) is 0 Å². The summed E-state index contributed by atoms with van der Waals surface area (Å²) in [5.41, 5.74) is -0.0939. The first kappa shape index (κ1) is 13.2. The molecule has 2 fully saturated rings. The van der Waals surface area contributed by atoms with Crippen LogP contribution in [0.5, 0.6) is 0 Å². The van der Waals surface area contributed by atoms with E-state index in [2.05, 4.69) is 5.32 Å². The number of rotatable bonds is 3. The molecule has 1 aliphatic heterocycles. The van der Waals surface area contributed by atoms with Gasteiger partial charge in [0.05, 0.1) is 0 Å². The Hall–Kier alpha value is -0.220. The fourth-order valence-corrected chi connectivity index (χ4v) is 3.45. The van der Waals surface area contributed by atoms with Crippen LogP contribution < -0.4 is 5.32 Å². The summed E-state index contributed by atoms with van der Waals surface area (Å²) in [6, 6.07) is 0. The maximum atomic E-state index is 13.4. The van der Waals surface area contributed by atoms with Gasteiger partial charge in [-0.05, 0) is 56.5 Å². The van der Waals surface area contributed by atoms with Crippen LogP contribution >= 0.6 is 0 Å². The smallest absolute Gasteiger partial charge is 0.248 e. The molecule has 0 aromatic heterocycles. The summed E-state index contributed by atoms with van der Waals surface area (Å²) in [5, 5.41) is 12.9. The molecule has 1 atom stereocenters. The molecule has 2 N–H and O–H groups in total. The lowest BCUT2D eigenvalue weighted by Gasteiger charge is -2.40. The first-order valence-electron chi connectivity index (χ1n) is 6.75. The quantitative estimate of drug-likeness (QED) is 0.803. The van der Waals surface area contributed by atoms with Crippen molar-refractivity contribution < 1.29 is 13.9 Å². The Bertz CT molecular complexity index is 252. The van der Waals surface area contributed by atoms with Crippen LogP contribution in [0.4, 0.5) is 8.78 Å². The van der Waals surface area contributed by atoms with Gasteiger partial charge in [0.1, 0.15) is 0 Å². The van der Waals surface area contributed by atoms with Crippen LogP contribution in [0.1, 0.15) is 44.9 Å². The third-order valence-electron chi connectivity index (χ3n) is 4.46. The monoisotopic (exact) mass is 247 g/mol. The molecule has 0 bridgehead atoms. The van der Waals surface area contributed by atoms with Crippen molar-refractivity contribution in [3.05, 3.63) is 0 Å². The van der Waals surface area contributed by atoms with Gasteiger partial charge in [0, 0.05) is 19.4 Å². The number of hydrogen-bond acceptors (Lipinski definition) is 2. The highest BCUT2D eigenvalue weighted by molar-refractivity contribution is 4.89. The van der Waals surface area contributed by atoms with Gasteiger partial charge in [-0.2, -0.15) is 0 Å². The molecule has 0 aromatic carbocycles. The summed E-state index contributed by atoms with van der Waals surface area (Å²) in [6.07, 6.45) is 4.25. The zero-order valence-electron chi connectivity index (χ0n) is 10.4. The molecule has 2 nitrogen and oxygen atoms in total. The van der Waals surface area contributed by atoms with E-state index in [0.29, 0.717) is 6.42 Å². The first-order valence-corrected chi connectivity index (χ1v) is 6.75. The van der Waals surface area contributed by atoms with E-state index < -0.39 is 5.92 Å². The molecule has 1 heterocycles. The van der Waals surface area contributed by atoms with Crippen molar-refractivity contribution in [1.29, 1.82) is 0 Å². The SMILES string of the molecule is OCC1(CC2CCCC(F)(F)C2)CCNCC1. The largest absolute Gasteiger partial charge is 0.396 e. The van der Waals surface area contributed by atoms with E-state index in [4.69, 9.17) is 0 Å². The Kier molecular flexibility index (Phi) is 4.03. The van der Waals surface area contributed by atoms with Crippen LogP contribution in [-0.4, -0.2) is 30.7 Å². The summed E-state index contributed by atoms with van der Waals surface area (Å²) >= 11 is 0. The van der Waals surface area contributed by atoms with Gasteiger partial charge in [-0.15, -0.1) is 0 Å². The number of halogens is 2. The lowest BCUT2D eigenvalue weighted by atomic mass is 9.69. The Morgan fingerprint density at radius 2 is 1.88 bits per heavy atom. The first-order chi connectivity index (χ1) is 8.05. The lowest BCUT2D eigenvalue weighted by molar-refractivity contribution is -0.0648. The summed E-state index contributed by atoms with van der Waals surface area (Å²) < 4.78 is 26.7. The van der Waals surface area contributed by atoms with Crippen molar-refractivity contribution in [2.45, 2.75) is 50.9 Å². The minimum Gasteiger partial charge on any atom is -0.396 e. The van der Waals surface area contributed by atoms with Gasteiger partial charge in [-0.3, -0.25) is 0 Å². The van der Waals surface area contributed by atoms with E-state index in [0.717, 1.165) is 38.8 Å². The summed E-state index contributed by atoms with van der Waals surface area (Å²) in [7, 11) is 0. The fraction of sp³-hybridized carbons (Fsp3) is 1.00. The highest BCUT2D eigenvalue weighted by Gasteiger charge is 2.40. The number of piperidine rings is 1. The average Bonchev–Trinajstić information content (AvgIpc) is 2.29. The number of aliphatic hydroxyl groups excluding tert-OH is 1. The maximum absolute atomic E-state index is 13.4. The fourth-order valence-electron chi connectivity index (χ4n) is 3.45. The Morgan fingerprint density at radius 3 is 2.47 bits per heavy atom. The molecule has 4 heteroatoms. The van der Waals surface area contributed by atoms with Crippen LogP contribution in [0.25, 0.3) is 0 Å². The standard InChI is InChI=1S/C13H23F2NO/c14-13(15)3-1-2-11(9-13)8-12(10-17)4-6-16-7-5-12/h11,16-17H,1-10H2. The lowest BCUT2D eigenvalue weighted by Crippen LogP contribution is -2.41. The minimum atomic E-state index is -2.47. The van der Waals surface area contributed by atoms with Crippen LogP contribution in [0.15, 0.2) is 0 Å². The number of hydrogen-bond donors (Lipinski definition) is 2. The molecule has 0 radical (unpaired) electrons. The number of nitrogens with one attached hydrogen (secondary N) is 1. The Morgan fingerprint density at radius 1 is 1.18 bits per heavy atom. The van der Waals surface area contributed by atoms with Crippen molar-refractivity contribution in [2.75, 3.05) is 19.7 Å². The summed E-state index contributed by atoms with van der Waals surface area (Å²) in [4.78, 5) is 0. The molecule has 2 aliphatic rings.